The summed E-state index contributed by atoms with van der Waals surface area (Å²) in [7, 11) is 0. The van der Waals surface area contributed by atoms with Gasteiger partial charge in [0.05, 0.1) is 17.2 Å². The molecule has 33 heavy (non-hydrogen) atoms. The van der Waals surface area contributed by atoms with Crippen molar-refractivity contribution in [1.82, 2.24) is 14.6 Å². The number of carbonyl (C=O) groups excluding carboxylic acids is 1. The van der Waals surface area contributed by atoms with Crippen molar-refractivity contribution < 1.29 is 4.79 Å². The van der Waals surface area contributed by atoms with Crippen LogP contribution in [-0.2, 0) is 0 Å². The Hall–Kier alpha value is -4.04. The third-order valence-corrected chi connectivity index (χ3v) is 5.67. The van der Waals surface area contributed by atoms with Crippen LogP contribution in [0, 0.1) is 6.92 Å². The lowest BCUT2D eigenvalue weighted by molar-refractivity contribution is 0.102. The first-order valence-electron chi connectivity index (χ1n) is 10.2. The highest BCUT2D eigenvalue weighted by Gasteiger charge is 2.24. The van der Waals surface area contributed by atoms with Crippen molar-refractivity contribution in [3.63, 3.8) is 0 Å². The number of hydrogen-bond donors (Lipinski definition) is 2. The molecule has 162 valence electrons. The summed E-state index contributed by atoms with van der Waals surface area (Å²) in [6.07, 6.45) is 1.67. The summed E-state index contributed by atoms with van der Waals surface area (Å²) in [4.78, 5) is 22.7. The Balaban J connectivity index is 1.66. The van der Waals surface area contributed by atoms with E-state index in [2.05, 4.69) is 26.3 Å². The summed E-state index contributed by atoms with van der Waals surface area (Å²) in [6, 6.07) is 22.7. The van der Waals surface area contributed by atoms with E-state index in [1.165, 1.54) is 4.68 Å². The number of nitrogens with zero attached hydrogens (tertiary/aromatic N) is 4. The summed E-state index contributed by atoms with van der Waals surface area (Å²) in [6.45, 7) is 1.99. The lowest BCUT2D eigenvalue weighted by atomic mass is 10.2. The smallest absolute Gasteiger partial charge is 0.261 e. The molecule has 0 fully saturated rings. The number of benzene rings is 3. The van der Waals surface area contributed by atoms with Crippen molar-refractivity contribution in [3.05, 3.63) is 94.0 Å². The molecule has 0 aliphatic carbocycles. The van der Waals surface area contributed by atoms with Gasteiger partial charge in [-0.05, 0) is 48.9 Å². The molecule has 0 unspecified atom stereocenters. The number of amides is 1. The second kappa shape index (κ2) is 8.48. The van der Waals surface area contributed by atoms with Gasteiger partial charge >= 0.3 is 0 Å². The number of hydrogen-bond acceptors (Lipinski definition) is 5. The SMILES string of the molecule is Cc1ccc(NC(=O)c2c(N)n(/N=C\c3cccc(Br)c3)c3nc4ccccc4nc23)cc1. The van der Waals surface area contributed by atoms with Gasteiger partial charge in [-0.15, -0.1) is 0 Å². The van der Waals surface area contributed by atoms with Crippen molar-refractivity contribution in [3.8, 4) is 0 Å². The first-order valence-corrected chi connectivity index (χ1v) is 11.0. The topological polar surface area (TPSA) is 98.2 Å². The molecule has 0 bridgehead atoms. The number of halogens is 1. The molecule has 1 amide bonds. The van der Waals surface area contributed by atoms with E-state index >= 15 is 0 Å². The van der Waals surface area contributed by atoms with Gasteiger partial charge in [0.2, 0.25) is 0 Å². The third-order valence-electron chi connectivity index (χ3n) is 5.18. The predicted molar refractivity (Wildman–Crippen MR) is 136 cm³/mol. The first-order chi connectivity index (χ1) is 16.0. The molecule has 7 nitrogen and oxygen atoms in total. The molecule has 2 aromatic heterocycles. The van der Waals surface area contributed by atoms with Gasteiger partial charge in [-0.3, -0.25) is 4.79 Å². The lowest BCUT2D eigenvalue weighted by Gasteiger charge is -2.06. The van der Waals surface area contributed by atoms with Crippen molar-refractivity contribution in [2.45, 2.75) is 6.92 Å². The number of nitrogens with one attached hydrogen (secondary N) is 1. The van der Waals surface area contributed by atoms with Gasteiger partial charge in [0.15, 0.2) is 5.65 Å². The van der Waals surface area contributed by atoms with E-state index in [1.807, 2.05) is 79.7 Å². The number of carbonyl (C=O) groups is 1. The van der Waals surface area contributed by atoms with Gasteiger partial charge in [0.1, 0.15) is 16.9 Å². The van der Waals surface area contributed by atoms with Crippen LogP contribution in [0.15, 0.2) is 82.4 Å². The average molecular weight is 499 g/mol. The van der Waals surface area contributed by atoms with Crippen LogP contribution < -0.4 is 11.1 Å². The standard InChI is InChI=1S/C25H19BrN6O/c1-15-9-11-18(12-10-15)29-25(33)21-22-24(31-20-8-3-2-7-19(20)30-22)32(23(21)27)28-14-16-5-4-6-17(26)13-16/h2-14H,27H2,1H3,(H,29,33)/b28-14-. The van der Waals surface area contributed by atoms with Gasteiger partial charge in [-0.1, -0.05) is 57.9 Å². The fourth-order valence-corrected chi connectivity index (χ4v) is 3.95. The Morgan fingerprint density at radius 1 is 1.03 bits per heavy atom. The number of aromatic nitrogens is 3. The molecular formula is C25H19BrN6O. The van der Waals surface area contributed by atoms with E-state index in [0.29, 0.717) is 27.9 Å². The molecule has 3 aromatic carbocycles. The highest BCUT2D eigenvalue weighted by Crippen LogP contribution is 2.28. The van der Waals surface area contributed by atoms with E-state index < -0.39 is 0 Å². The molecule has 0 aliphatic heterocycles. The summed E-state index contributed by atoms with van der Waals surface area (Å²) >= 11 is 3.46. The van der Waals surface area contributed by atoms with Gasteiger partial charge in [-0.25, -0.2) is 9.97 Å². The zero-order valence-electron chi connectivity index (χ0n) is 17.7. The number of fused-ring (bicyclic) bond motifs is 2. The zero-order valence-corrected chi connectivity index (χ0v) is 19.2. The zero-order chi connectivity index (χ0) is 22.9. The van der Waals surface area contributed by atoms with Crippen LogP contribution in [0.2, 0.25) is 0 Å². The van der Waals surface area contributed by atoms with Crippen LogP contribution in [0.5, 0.6) is 0 Å². The number of rotatable bonds is 4. The average Bonchev–Trinajstić information content (AvgIpc) is 3.08. The van der Waals surface area contributed by atoms with E-state index in [1.54, 1.807) is 6.21 Å². The van der Waals surface area contributed by atoms with Crippen LogP contribution in [0.3, 0.4) is 0 Å². The third kappa shape index (κ3) is 4.08. The second-order valence-electron chi connectivity index (χ2n) is 7.58. The monoisotopic (exact) mass is 498 g/mol. The molecule has 0 spiro atoms. The molecule has 0 radical (unpaired) electrons. The quantitative estimate of drug-likeness (QED) is 0.325. The van der Waals surface area contributed by atoms with Gasteiger partial charge in [-0.2, -0.15) is 9.78 Å². The molecule has 8 heteroatoms. The maximum atomic E-state index is 13.3. The van der Waals surface area contributed by atoms with E-state index in [4.69, 9.17) is 15.7 Å². The van der Waals surface area contributed by atoms with E-state index in [9.17, 15) is 4.79 Å². The van der Waals surface area contributed by atoms with Crippen LogP contribution >= 0.6 is 15.9 Å². The Morgan fingerprint density at radius 2 is 1.76 bits per heavy atom. The Bertz CT molecular complexity index is 1540. The summed E-state index contributed by atoms with van der Waals surface area (Å²) in [5, 5.41) is 7.44. The van der Waals surface area contributed by atoms with Crippen LogP contribution in [0.1, 0.15) is 21.5 Å². The number of anilines is 2. The maximum absolute atomic E-state index is 13.3. The van der Waals surface area contributed by atoms with Crippen LogP contribution in [0.25, 0.3) is 22.2 Å². The number of nitrogens with two attached hydrogens (primary N) is 1. The Kier molecular flexibility index (Phi) is 5.35. The number of para-hydroxylation sites is 2. The summed E-state index contributed by atoms with van der Waals surface area (Å²) < 4.78 is 2.39. The normalized spacial score (nSPS) is 11.5. The van der Waals surface area contributed by atoms with E-state index in [0.717, 1.165) is 15.6 Å². The molecule has 0 saturated carbocycles. The van der Waals surface area contributed by atoms with Crippen LogP contribution in [-0.4, -0.2) is 26.8 Å². The van der Waals surface area contributed by atoms with Crippen molar-refractivity contribution in [1.29, 1.82) is 0 Å². The van der Waals surface area contributed by atoms with Gasteiger partial charge < -0.3 is 11.1 Å². The van der Waals surface area contributed by atoms with Crippen molar-refractivity contribution >= 4 is 61.8 Å². The molecule has 2 heterocycles. The fraction of sp³-hybridized carbons (Fsp3) is 0.0400. The molecule has 0 atom stereocenters. The molecule has 3 N–H and O–H groups in total. The lowest BCUT2D eigenvalue weighted by Crippen LogP contribution is -2.14. The van der Waals surface area contributed by atoms with E-state index in [-0.39, 0.29) is 17.3 Å². The number of aryl methyl sites for hydroxylation is 1. The largest absolute Gasteiger partial charge is 0.383 e. The fourth-order valence-electron chi connectivity index (χ4n) is 3.53. The minimum atomic E-state index is -0.373. The Labute approximate surface area is 198 Å². The first kappa shape index (κ1) is 20.8. The molecular weight excluding hydrogens is 480 g/mol. The number of nitrogen functional groups attached to an aromatic ring is 1. The highest BCUT2D eigenvalue weighted by molar-refractivity contribution is 9.10. The van der Waals surface area contributed by atoms with Gasteiger partial charge in [0.25, 0.3) is 5.91 Å². The summed E-state index contributed by atoms with van der Waals surface area (Å²) in [5.41, 5.74) is 11.5. The Morgan fingerprint density at radius 3 is 2.48 bits per heavy atom. The molecule has 5 rings (SSSR count). The minimum absolute atomic E-state index is 0.163. The molecule has 5 aromatic rings. The molecule has 0 aliphatic rings. The van der Waals surface area contributed by atoms with Gasteiger partial charge in [0, 0.05) is 10.2 Å². The minimum Gasteiger partial charge on any atom is -0.383 e. The second-order valence-corrected chi connectivity index (χ2v) is 8.49. The van der Waals surface area contributed by atoms with Crippen molar-refractivity contribution in [2.75, 3.05) is 11.1 Å². The summed E-state index contributed by atoms with van der Waals surface area (Å²) in [5.74, 6) is -0.210. The van der Waals surface area contributed by atoms with Crippen LogP contribution in [0.4, 0.5) is 11.5 Å². The maximum Gasteiger partial charge on any atom is 0.261 e. The predicted octanol–water partition coefficient (Wildman–Crippen LogP) is 5.37. The highest BCUT2D eigenvalue weighted by atomic mass is 79.9. The van der Waals surface area contributed by atoms with Crippen molar-refractivity contribution in [2.24, 2.45) is 5.10 Å². The molecule has 0 saturated heterocycles.